The van der Waals surface area contributed by atoms with E-state index in [1.807, 2.05) is 0 Å². The van der Waals surface area contributed by atoms with E-state index in [1.165, 1.54) is 4.90 Å². The summed E-state index contributed by atoms with van der Waals surface area (Å²) < 4.78 is 101. The van der Waals surface area contributed by atoms with Gasteiger partial charge in [0.25, 0.3) is 0 Å². The average molecular weight is 574 g/mol. The first-order valence-electron chi connectivity index (χ1n) is 11.9. The number of carbonyl (C=O) groups is 2. The van der Waals surface area contributed by atoms with Crippen molar-refractivity contribution in [3.05, 3.63) is 65.1 Å². The van der Waals surface area contributed by atoms with Crippen LogP contribution < -0.4 is 15.0 Å². The minimum absolute atomic E-state index is 0.0303. The topological polar surface area (TPSA) is 85.7 Å². The summed E-state index contributed by atoms with van der Waals surface area (Å²) in [5.74, 6) is -2.03. The van der Waals surface area contributed by atoms with Crippen LogP contribution >= 0.6 is 0 Å². The second-order valence-corrected chi connectivity index (χ2v) is 9.03. The number of amides is 2. The van der Waals surface area contributed by atoms with E-state index < -0.39 is 52.3 Å². The number of allylic oxidation sites excluding steroid dienone is 1. The molecule has 216 valence electrons. The molecule has 0 saturated heterocycles. The Hall–Kier alpha value is -4.10. The van der Waals surface area contributed by atoms with Gasteiger partial charge in [-0.25, -0.2) is 9.18 Å². The van der Waals surface area contributed by atoms with Gasteiger partial charge in [0.1, 0.15) is 5.82 Å². The maximum absolute atomic E-state index is 14.0. The Bertz CT molecular complexity index is 1290. The monoisotopic (exact) mass is 574 g/mol. The fourth-order valence-corrected chi connectivity index (χ4v) is 3.62. The predicted molar refractivity (Wildman–Crippen MR) is 132 cm³/mol. The van der Waals surface area contributed by atoms with Gasteiger partial charge in [0.15, 0.2) is 5.75 Å². The summed E-state index contributed by atoms with van der Waals surface area (Å²) in [6, 6.07) is 4.43. The van der Waals surface area contributed by atoms with Crippen molar-refractivity contribution in [2.24, 2.45) is 5.92 Å². The molecule has 1 aliphatic carbocycles. The zero-order valence-electron chi connectivity index (χ0n) is 21.3. The number of halogens is 7. The highest BCUT2D eigenvalue weighted by molar-refractivity contribution is 6.10. The van der Waals surface area contributed by atoms with Crippen molar-refractivity contribution in [1.82, 2.24) is 10.2 Å². The summed E-state index contributed by atoms with van der Waals surface area (Å²) in [5.41, 5.74) is -4.82. The predicted octanol–water partition coefficient (Wildman–Crippen LogP) is 5.95. The van der Waals surface area contributed by atoms with Crippen LogP contribution in [0.3, 0.4) is 0 Å². The highest BCUT2D eigenvalue weighted by Crippen LogP contribution is 2.44. The molecule has 1 fully saturated rings. The SMILES string of the molecule is CN(CCN/C=C(\C=N)c1cc(C(F)(F)F)cc(C(F)(F)F)c1OC(=O)N(C)c1ccc(F)cc1)C(=O)C1CC1. The second-order valence-electron chi connectivity index (χ2n) is 9.03. The van der Waals surface area contributed by atoms with Crippen molar-refractivity contribution in [3.8, 4) is 5.75 Å². The summed E-state index contributed by atoms with van der Waals surface area (Å²) in [7, 11) is 2.67. The van der Waals surface area contributed by atoms with Gasteiger partial charge in [-0.2, -0.15) is 26.3 Å². The number of nitrogens with zero attached hydrogens (tertiary/aromatic N) is 2. The van der Waals surface area contributed by atoms with Gasteiger partial charge in [-0.1, -0.05) is 0 Å². The van der Waals surface area contributed by atoms with E-state index in [2.05, 4.69) is 5.32 Å². The van der Waals surface area contributed by atoms with Crippen LogP contribution in [0.5, 0.6) is 5.75 Å². The number of benzene rings is 2. The Morgan fingerprint density at radius 3 is 2.20 bits per heavy atom. The first-order chi connectivity index (χ1) is 18.6. The van der Waals surface area contributed by atoms with Gasteiger partial charge in [-0.3, -0.25) is 9.69 Å². The Morgan fingerprint density at radius 1 is 1.05 bits per heavy atom. The molecule has 0 aliphatic heterocycles. The molecule has 0 radical (unpaired) electrons. The molecule has 40 heavy (non-hydrogen) atoms. The van der Waals surface area contributed by atoms with E-state index >= 15 is 0 Å². The third-order valence-electron chi connectivity index (χ3n) is 6.02. The van der Waals surface area contributed by atoms with Gasteiger partial charge in [0, 0.05) is 62.3 Å². The summed E-state index contributed by atoms with van der Waals surface area (Å²) in [4.78, 5) is 27.0. The quantitative estimate of drug-likeness (QED) is 0.220. The number of hydrogen-bond acceptors (Lipinski definition) is 5. The standard InChI is InChI=1S/C26H25F7N4O3/c1-36(23(38)15-3-4-15)10-9-35-14-16(13-34)20-11-17(25(28,29)30)12-21(26(31,32)33)22(20)40-24(39)37(2)19-7-5-18(27)6-8-19/h5-8,11-15,34-35H,3-4,9-10H2,1-2H3/b16-14+,34-13?. The lowest BCUT2D eigenvalue weighted by atomic mass is 9.98. The van der Waals surface area contributed by atoms with Crippen molar-refractivity contribution in [1.29, 1.82) is 5.41 Å². The lowest BCUT2D eigenvalue weighted by Gasteiger charge is -2.23. The number of hydrogen-bond donors (Lipinski definition) is 2. The van der Waals surface area contributed by atoms with Crippen molar-refractivity contribution in [2.75, 3.05) is 32.1 Å². The summed E-state index contributed by atoms with van der Waals surface area (Å²) in [6.07, 6.45) is -8.92. The number of carbonyl (C=O) groups excluding carboxylic acids is 2. The molecule has 14 heteroatoms. The van der Waals surface area contributed by atoms with Crippen LogP contribution in [0.4, 0.5) is 41.2 Å². The average Bonchev–Trinajstić information content (AvgIpc) is 3.72. The molecule has 2 N–H and O–H groups in total. The largest absolute Gasteiger partial charge is 0.420 e. The van der Waals surface area contributed by atoms with E-state index in [-0.39, 0.29) is 36.7 Å². The minimum atomic E-state index is -5.38. The number of alkyl halides is 6. The van der Waals surface area contributed by atoms with E-state index in [0.717, 1.165) is 55.3 Å². The lowest BCUT2D eigenvalue weighted by molar-refractivity contribution is -0.143. The molecular weight excluding hydrogens is 549 g/mol. The minimum Gasteiger partial charge on any atom is -0.409 e. The van der Waals surface area contributed by atoms with Crippen LogP contribution in [0.25, 0.3) is 5.57 Å². The van der Waals surface area contributed by atoms with Crippen molar-refractivity contribution >= 4 is 29.5 Å². The maximum atomic E-state index is 14.0. The molecule has 0 spiro atoms. The first kappa shape index (κ1) is 30.4. The summed E-state index contributed by atoms with van der Waals surface area (Å²) in [5, 5.41) is 10.3. The molecule has 2 amide bonds. The molecule has 3 rings (SSSR count). The number of nitrogens with one attached hydrogen (secondary N) is 2. The molecule has 0 bridgehead atoms. The van der Waals surface area contributed by atoms with Crippen LogP contribution in [-0.2, 0) is 17.1 Å². The van der Waals surface area contributed by atoms with E-state index in [0.29, 0.717) is 12.3 Å². The Balaban J connectivity index is 2.00. The van der Waals surface area contributed by atoms with Gasteiger partial charge in [0.05, 0.1) is 11.1 Å². The molecule has 1 saturated carbocycles. The Labute approximate surface area is 224 Å². The molecule has 1 aliphatic rings. The third kappa shape index (κ3) is 7.51. The van der Waals surface area contributed by atoms with Crippen LogP contribution in [0, 0.1) is 17.1 Å². The maximum Gasteiger partial charge on any atom is 0.420 e. The van der Waals surface area contributed by atoms with Gasteiger partial charge in [-0.05, 0) is 49.2 Å². The number of ether oxygens (including phenoxy) is 1. The lowest BCUT2D eigenvalue weighted by Crippen LogP contribution is -2.33. The molecular formula is C26H25F7N4O3. The van der Waals surface area contributed by atoms with E-state index in [9.17, 15) is 40.3 Å². The molecule has 7 nitrogen and oxygen atoms in total. The number of likely N-dealkylation sites (N-methyl/N-ethyl adjacent to an activating group) is 1. The van der Waals surface area contributed by atoms with Gasteiger partial charge >= 0.3 is 18.4 Å². The van der Waals surface area contributed by atoms with E-state index in [1.54, 1.807) is 7.05 Å². The normalized spacial score (nSPS) is 14.0. The molecule has 0 atom stereocenters. The van der Waals surface area contributed by atoms with Gasteiger partial charge in [-0.15, -0.1) is 0 Å². The zero-order chi connectivity index (χ0) is 29.8. The third-order valence-corrected chi connectivity index (χ3v) is 6.02. The second kappa shape index (κ2) is 12.0. The Morgan fingerprint density at radius 2 is 1.68 bits per heavy atom. The number of anilines is 1. The van der Waals surface area contributed by atoms with Crippen LogP contribution in [0.15, 0.2) is 42.6 Å². The first-order valence-corrected chi connectivity index (χ1v) is 11.9. The molecule has 2 aromatic rings. The van der Waals surface area contributed by atoms with Crippen LogP contribution in [-0.4, -0.2) is 50.3 Å². The molecule has 0 unspecified atom stereocenters. The van der Waals surface area contributed by atoms with Gasteiger partial charge in [0.2, 0.25) is 5.91 Å². The zero-order valence-corrected chi connectivity index (χ0v) is 21.3. The highest BCUT2D eigenvalue weighted by atomic mass is 19.4. The fraction of sp³-hybridized carbons (Fsp3) is 0.346. The van der Waals surface area contributed by atoms with Crippen molar-refractivity contribution in [3.63, 3.8) is 0 Å². The summed E-state index contributed by atoms with van der Waals surface area (Å²) >= 11 is 0. The number of rotatable bonds is 9. The molecule has 2 aromatic carbocycles. The fourth-order valence-electron chi connectivity index (χ4n) is 3.62. The summed E-state index contributed by atoms with van der Waals surface area (Å²) in [6.45, 7) is 0.248. The van der Waals surface area contributed by atoms with Crippen LogP contribution in [0.1, 0.15) is 29.5 Å². The smallest absolute Gasteiger partial charge is 0.409 e. The van der Waals surface area contributed by atoms with Gasteiger partial charge < -0.3 is 20.4 Å². The molecule has 0 heterocycles. The van der Waals surface area contributed by atoms with Crippen molar-refractivity contribution < 1.29 is 45.1 Å². The Kier molecular flexibility index (Phi) is 9.10. The van der Waals surface area contributed by atoms with Crippen molar-refractivity contribution in [2.45, 2.75) is 25.2 Å². The van der Waals surface area contributed by atoms with Crippen LogP contribution in [0.2, 0.25) is 0 Å². The molecule has 0 aromatic heterocycles. The van der Waals surface area contributed by atoms with E-state index in [4.69, 9.17) is 10.1 Å². The highest BCUT2D eigenvalue weighted by Gasteiger charge is 2.41.